The first-order chi connectivity index (χ1) is 14.2. The van der Waals surface area contributed by atoms with Crippen LogP contribution in [0.25, 0.3) is 0 Å². The summed E-state index contributed by atoms with van der Waals surface area (Å²) in [7, 11) is 3.31. The van der Waals surface area contributed by atoms with Crippen molar-refractivity contribution >= 4 is 11.8 Å². The number of anilines is 1. The fraction of sp³-hybridized carbons (Fsp3) is 0.455. The summed E-state index contributed by atoms with van der Waals surface area (Å²) in [5.74, 6) is 3.38. The lowest BCUT2D eigenvalue weighted by atomic mass is 10.2. The van der Waals surface area contributed by atoms with Gasteiger partial charge in [0.15, 0.2) is 5.96 Å². The molecule has 1 aromatic heterocycles. The van der Waals surface area contributed by atoms with E-state index in [1.165, 1.54) is 12.8 Å². The largest absolute Gasteiger partial charge is 0.497 e. The van der Waals surface area contributed by atoms with Gasteiger partial charge in [0.2, 0.25) is 0 Å². The van der Waals surface area contributed by atoms with Crippen molar-refractivity contribution < 1.29 is 9.47 Å². The molecule has 1 saturated heterocycles. The first kappa shape index (κ1) is 20.8. The van der Waals surface area contributed by atoms with Crippen molar-refractivity contribution in [2.24, 2.45) is 4.99 Å². The lowest BCUT2D eigenvalue weighted by Crippen LogP contribution is -2.36. The molecule has 0 unspecified atom stereocenters. The van der Waals surface area contributed by atoms with E-state index in [1.807, 2.05) is 24.4 Å². The molecular weight excluding hydrogens is 366 g/mol. The number of benzene rings is 1. The standard InChI is InChI=1S/C22H31N5O2/c1-4-23-22(26-16-18-8-9-19(28-2)13-20(18)29-3)25-15-17-7-10-21(24-14-17)27-11-5-6-12-27/h7-10,13-14H,4-6,11-12,15-16H2,1-3H3,(H2,23,25,26). The minimum absolute atomic E-state index is 0.572. The minimum atomic E-state index is 0.572. The summed E-state index contributed by atoms with van der Waals surface area (Å²) in [4.78, 5) is 11.6. The summed E-state index contributed by atoms with van der Waals surface area (Å²) < 4.78 is 10.7. The molecule has 0 aliphatic carbocycles. The van der Waals surface area contributed by atoms with Gasteiger partial charge in [-0.3, -0.25) is 0 Å². The second-order valence-corrected chi connectivity index (χ2v) is 6.95. The van der Waals surface area contributed by atoms with Gasteiger partial charge in [-0.15, -0.1) is 0 Å². The number of methoxy groups -OCH3 is 2. The first-order valence-electron chi connectivity index (χ1n) is 10.2. The van der Waals surface area contributed by atoms with Crippen LogP contribution in [0.2, 0.25) is 0 Å². The van der Waals surface area contributed by atoms with E-state index in [0.29, 0.717) is 13.1 Å². The van der Waals surface area contributed by atoms with Gasteiger partial charge in [0, 0.05) is 44.0 Å². The Bertz CT molecular complexity index is 801. The highest BCUT2D eigenvalue weighted by atomic mass is 16.5. The average Bonchev–Trinajstić information content (AvgIpc) is 3.31. The zero-order valence-electron chi connectivity index (χ0n) is 17.6. The predicted molar refractivity (Wildman–Crippen MR) is 117 cm³/mol. The van der Waals surface area contributed by atoms with Crippen LogP contribution in [0.5, 0.6) is 11.5 Å². The minimum Gasteiger partial charge on any atom is -0.497 e. The molecule has 7 heteroatoms. The maximum atomic E-state index is 5.47. The monoisotopic (exact) mass is 397 g/mol. The molecule has 0 radical (unpaired) electrons. The van der Waals surface area contributed by atoms with Crippen molar-refractivity contribution in [2.75, 3.05) is 38.8 Å². The number of nitrogens with zero attached hydrogens (tertiary/aromatic N) is 3. The molecule has 2 N–H and O–H groups in total. The highest BCUT2D eigenvalue weighted by Gasteiger charge is 2.13. The van der Waals surface area contributed by atoms with E-state index in [1.54, 1.807) is 14.2 Å². The van der Waals surface area contributed by atoms with Crippen molar-refractivity contribution in [1.29, 1.82) is 0 Å². The Kier molecular flexibility index (Phi) is 7.55. The van der Waals surface area contributed by atoms with Crippen molar-refractivity contribution in [3.05, 3.63) is 47.7 Å². The number of nitrogens with one attached hydrogen (secondary N) is 2. The van der Waals surface area contributed by atoms with Crippen molar-refractivity contribution in [2.45, 2.75) is 32.9 Å². The van der Waals surface area contributed by atoms with Crippen LogP contribution in [-0.2, 0) is 13.1 Å². The summed E-state index contributed by atoms with van der Waals surface area (Å²) in [5.41, 5.74) is 2.13. The smallest absolute Gasteiger partial charge is 0.191 e. The van der Waals surface area contributed by atoms with E-state index in [2.05, 4.69) is 39.6 Å². The molecule has 0 bridgehead atoms. The molecule has 3 rings (SSSR count). The van der Waals surface area contributed by atoms with Crippen LogP contribution in [0.15, 0.2) is 41.5 Å². The molecule has 2 heterocycles. The van der Waals surface area contributed by atoms with Crippen LogP contribution < -0.4 is 25.0 Å². The van der Waals surface area contributed by atoms with E-state index in [-0.39, 0.29) is 0 Å². The Morgan fingerprint density at radius 1 is 1.10 bits per heavy atom. The molecule has 2 aromatic rings. The zero-order chi connectivity index (χ0) is 20.5. The number of guanidine groups is 1. The lowest BCUT2D eigenvalue weighted by molar-refractivity contribution is 0.390. The van der Waals surface area contributed by atoms with Gasteiger partial charge >= 0.3 is 0 Å². The Balaban J connectivity index is 1.61. The van der Waals surface area contributed by atoms with Gasteiger partial charge < -0.3 is 25.0 Å². The number of hydrogen-bond donors (Lipinski definition) is 2. The highest BCUT2D eigenvalue weighted by Crippen LogP contribution is 2.24. The third-order valence-corrected chi connectivity index (χ3v) is 4.94. The molecule has 0 spiro atoms. The number of aliphatic imine (C=N–C) groups is 1. The van der Waals surface area contributed by atoms with E-state index in [0.717, 1.165) is 54.0 Å². The Hall–Kier alpha value is -2.96. The van der Waals surface area contributed by atoms with Crippen molar-refractivity contribution in [3.63, 3.8) is 0 Å². The molecule has 7 nitrogen and oxygen atoms in total. The third kappa shape index (κ3) is 5.76. The molecule has 1 aromatic carbocycles. The van der Waals surface area contributed by atoms with Crippen LogP contribution in [0, 0.1) is 0 Å². The number of pyridine rings is 1. The van der Waals surface area contributed by atoms with Gasteiger partial charge in [-0.25, -0.2) is 9.98 Å². The second kappa shape index (κ2) is 10.5. The maximum absolute atomic E-state index is 5.47. The van der Waals surface area contributed by atoms with Gasteiger partial charge in [-0.1, -0.05) is 6.07 Å². The fourth-order valence-corrected chi connectivity index (χ4v) is 3.33. The Labute approximate surface area is 173 Å². The summed E-state index contributed by atoms with van der Waals surface area (Å²) in [5, 5.41) is 6.65. The molecule has 29 heavy (non-hydrogen) atoms. The number of ether oxygens (including phenoxy) is 2. The molecule has 1 aliphatic rings. The number of aromatic nitrogens is 1. The summed E-state index contributed by atoms with van der Waals surface area (Å²) in [6.07, 6.45) is 4.43. The summed E-state index contributed by atoms with van der Waals surface area (Å²) in [6, 6.07) is 10.0. The molecule has 0 saturated carbocycles. The van der Waals surface area contributed by atoms with Gasteiger partial charge in [-0.2, -0.15) is 0 Å². The van der Waals surface area contributed by atoms with E-state index >= 15 is 0 Å². The third-order valence-electron chi connectivity index (χ3n) is 4.94. The Morgan fingerprint density at radius 3 is 2.59 bits per heavy atom. The molecule has 156 valence electrons. The van der Waals surface area contributed by atoms with Crippen molar-refractivity contribution in [3.8, 4) is 11.5 Å². The first-order valence-corrected chi connectivity index (χ1v) is 10.2. The van der Waals surface area contributed by atoms with Crippen LogP contribution in [0.3, 0.4) is 0 Å². The summed E-state index contributed by atoms with van der Waals surface area (Å²) in [6.45, 7) is 6.23. The van der Waals surface area contributed by atoms with E-state index in [9.17, 15) is 0 Å². The maximum Gasteiger partial charge on any atom is 0.191 e. The van der Waals surface area contributed by atoms with E-state index < -0.39 is 0 Å². The van der Waals surface area contributed by atoms with Crippen LogP contribution in [0.1, 0.15) is 30.9 Å². The SMILES string of the molecule is CCNC(=NCc1ccc(N2CCCC2)nc1)NCc1ccc(OC)cc1OC. The van der Waals surface area contributed by atoms with Crippen molar-refractivity contribution in [1.82, 2.24) is 15.6 Å². The quantitative estimate of drug-likeness (QED) is 0.527. The summed E-state index contributed by atoms with van der Waals surface area (Å²) >= 11 is 0. The van der Waals surface area contributed by atoms with E-state index in [4.69, 9.17) is 14.5 Å². The second-order valence-electron chi connectivity index (χ2n) is 6.95. The van der Waals surface area contributed by atoms with Crippen LogP contribution in [0.4, 0.5) is 5.82 Å². The molecule has 1 aliphatic heterocycles. The number of rotatable bonds is 8. The van der Waals surface area contributed by atoms with Gasteiger partial charge in [0.25, 0.3) is 0 Å². The molecule has 0 amide bonds. The van der Waals surface area contributed by atoms with Gasteiger partial charge in [-0.05, 0) is 43.5 Å². The fourth-order valence-electron chi connectivity index (χ4n) is 3.33. The number of hydrogen-bond acceptors (Lipinski definition) is 5. The average molecular weight is 398 g/mol. The predicted octanol–water partition coefficient (Wildman–Crippen LogP) is 2.95. The molecular formula is C22H31N5O2. The Morgan fingerprint density at radius 2 is 1.93 bits per heavy atom. The molecule has 1 fully saturated rings. The normalized spacial score (nSPS) is 14.0. The van der Waals surface area contributed by atoms with Crippen LogP contribution >= 0.6 is 0 Å². The lowest BCUT2D eigenvalue weighted by Gasteiger charge is -2.16. The zero-order valence-corrected chi connectivity index (χ0v) is 17.6. The van der Waals surface area contributed by atoms with Gasteiger partial charge in [0.05, 0.1) is 20.8 Å². The van der Waals surface area contributed by atoms with Gasteiger partial charge in [0.1, 0.15) is 17.3 Å². The topological polar surface area (TPSA) is 71.0 Å². The highest BCUT2D eigenvalue weighted by molar-refractivity contribution is 5.79. The molecule has 0 atom stereocenters. The van der Waals surface area contributed by atoms with Crippen LogP contribution in [-0.4, -0.2) is 44.8 Å².